The third-order valence-corrected chi connectivity index (χ3v) is 4.46. The van der Waals surface area contributed by atoms with Gasteiger partial charge in [0.25, 0.3) is 0 Å². The second-order valence-electron chi connectivity index (χ2n) is 6.01. The van der Waals surface area contributed by atoms with Gasteiger partial charge in [0, 0.05) is 6.04 Å². The monoisotopic (exact) mass is 263 g/mol. The highest BCUT2D eigenvalue weighted by atomic mass is 19.1. The Kier molecular flexibility index (Phi) is 5.38. The van der Waals surface area contributed by atoms with E-state index in [2.05, 4.69) is 19.2 Å². The summed E-state index contributed by atoms with van der Waals surface area (Å²) >= 11 is 0. The van der Waals surface area contributed by atoms with Crippen LogP contribution < -0.4 is 5.32 Å². The molecule has 1 aliphatic carbocycles. The predicted molar refractivity (Wildman–Crippen MR) is 78.7 cm³/mol. The molecule has 0 aromatic heterocycles. The highest BCUT2D eigenvalue weighted by molar-refractivity contribution is 5.17. The molecule has 0 radical (unpaired) electrons. The first-order valence-electron chi connectivity index (χ1n) is 7.67. The van der Waals surface area contributed by atoms with Crippen molar-refractivity contribution >= 4 is 0 Å². The van der Waals surface area contributed by atoms with Gasteiger partial charge in [-0.05, 0) is 55.3 Å². The zero-order chi connectivity index (χ0) is 13.7. The summed E-state index contributed by atoms with van der Waals surface area (Å²) in [4.78, 5) is 0. The molecule has 1 aliphatic rings. The van der Waals surface area contributed by atoms with E-state index in [-0.39, 0.29) is 5.82 Å². The average molecular weight is 263 g/mol. The third kappa shape index (κ3) is 4.31. The lowest BCUT2D eigenvalue weighted by Crippen LogP contribution is -2.39. The lowest BCUT2D eigenvalue weighted by Gasteiger charge is -2.33. The smallest absolute Gasteiger partial charge is 0.123 e. The number of benzene rings is 1. The fourth-order valence-corrected chi connectivity index (χ4v) is 3.23. The van der Waals surface area contributed by atoms with E-state index in [1.165, 1.54) is 31.2 Å². The number of halogens is 1. The Balaban J connectivity index is 1.97. The minimum absolute atomic E-state index is 0.143. The first kappa shape index (κ1) is 14.5. The first-order chi connectivity index (χ1) is 9.19. The lowest BCUT2D eigenvalue weighted by atomic mass is 9.77. The summed E-state index contributed by atoms with van der Waals surface area (Å²) < 4.78 is 13.0. The average Bonchev–Trinajstić information content (AvgIpc) is 2.42. The van der Waals surface area contributed by atoms with Gasteiger partial charge in [-0.25, -0.2) is 4.39 Å². The van der Waals surface area contributed by atoms with Crippen molar-refractivity contribution in [2.75, 3.05) is 6.54 Å². The highest BCUT2D eigenvalue weighted by Gasteiger charge is 2.25. The molecule has 0 aliphatic heterocycles. The second kappa shape index (κ2) is 7.04. The summed E-state index contributed by atoms with van der Waals surface area (Å²) in [6.07, 6.45) is 6.40. The number of hydrogen-bond donors (Lipinski definition) is 1. The molecule has 0 spiro atoms. The van der Waals surface area contributed by atoms with Crippen LogP contribution >= 0.6 is 0 Å². The first-order valence-corrected chi connectivity index (χ1v) is 7.67. The van der Waals surface area contributed by atoms with Crippen molar-refractivity contribution in [1.82, 2.24) is 5.32 Å². The van der Waals surface area contributed by atoms with Crippen LogP contribution in [0.3, 0.4) is 0 Å². The lowest BCUT2D eigenvalue weighted by molar-refractivity contribution is 0.230. The molecule has 1 N–H and O–H groups in total. The predicted octanol–water partition coefficient (Wildman–Crippen LogP) is 4.17. The number of rotatable bonds is 5. The molecule has 1 saturated carbocycles. The van der Waals surface area contributed by atoms with Crippen LogP contribution in [0.2, 0.25) is 0 Å². The molecular formula is C17H26FN. The van der Waals surface area contributed by atoms with Crippen molar-refractivity contribution in [2.24, 2.45) is 11.8 Å². The molecule has 0 bridgehead atoms. The molecule has 1 unspecified atom stereocenters. The summed E-state index contributed by atoms with van der Waals surface area (Å²) in [6.45, 7) is 5.54. The van der Waals surface area contributed by atoms with Gasteiger partial charge in [0.2, 0.25) is 0 Å². The van der Waals surface area contributed by atoms with Crippen molar-refractivity contribution in [2.45, 2.75) is 52.0 Å². The van der Waals surface area contributed by atoms with E-state index in [0.717, 1.165) is 24.8 Å². The zero-order valence-electron chi connectivity index (χ0n) is 12.2. The number of hydrogen-bond acceptors (Lipinski definition) is 1. The third-order valence-electron chi connectivity index (χ3n) is 4.46. The molecule has 1 atom stereocenters. The van der Waals surface area contributed by atoms with Gasteiger partial charge < -0.3 is 5.32 Å². The number of nitrogens with one attached hydrogen (secondary N) is 1. The van der Waals surface area contributed by atoms with E-state index in [1.807, 2.05) is 12.1 Å². The van der Waals surface area contributed by atoms with Gasteiger partial charge in [-0.2, -0.15) is 0 Å². The van der Waals surface area contributed by atoms with Crippen LogP contribution in [-0.2, 0) is 6.42 Å². The molecule has 2 rings (SSSR count). The van der Waals surface area contributed by atoms with E-state index in [9.17, 15) is 4.39 Å². The molecule has 1 fully saturated rings. The minimum Gasteiger partial charge on any atom is -0.314 e. The van der Waals surface area contributed by atoms with Crippen molar-refractivity contribution < 1.29 is 4.39 Å². The van der Waals surface area contributed by atoms with Crippen LogP contribution in [0.25, 0.3) is 0 Å². The topological polar surface area (TPSA) is 12.0 Å². The Labute approximate surface area is 116 Å². The van der Waals surface area contributed by atoms with Crippen LogP contribution in [0.15, 0.2) is 24.3 Å². The van der Waals surface area contributed by atoms with E-state index in [1.54, 1.807) is 12.1 Å². The van der Waals surface area contributed by atoms with Gasteiger partial charge in [-0.3, -0.25) is 0 Å². The van der Waals surface area contributed by atoms with Crippen molar-refractivity contribution in [3.8, 4) is 0 Å². The molecule has 19 heavy (non-hydrogen) atoms. The summed E-state index contributed by atoms with van der Waals surface area (Å²) in [7, 11) is 0. The number of likely N-dealkylation sites (N-methyl/N-ethyl adjacent to an activating group) is 1. The summed E-state index contributed by atoms with van der Waals surface area (Å²) in [6, 6.07) is 7.53. The largest absolute Gasteiger partial charge is 0.314 e. The van der Waals surface area contributed by atoms with Crippen LogP contribution in [0.5, 0.6) is 0 Å². The summed E-state index contributed by atoms with van der Waals surface area (Å²) in [5.74, 6) is 1.53. The molecule has 1 nitrogen and oxygen atoms in total. The van der Waals surface area contributed by atoms with E-state index < -0.39 is 0 Å². The Morgan fingerprint density at radius 2 is 1.79 bits per heavy atom. The van der Waals surface area contributed by atoms with Crippen LogP contribution in [0.4, 0.5) is 4.39 Å². The van der Waals surface area contributed by atoms with Gasteiger partial charge >= 0.3 is 0 Å². The summed E-state index contributed by atoms with van der Waals surface area (Å²) in [5, 5.41) is 3.64. The van der Waals surface area contributed by atoms with Gasteiger partial charge in [0.1, 0.15) is 5.82 Å². The maximum absolute atomic E-state index is 13.0. The van der Waals surface area contributed by atoms with E-state index >= 15 is 0 Å². The molecule has 1 aromatic rings. The molecule has 0 amide bonds. The van der Waals surface area contributed by atoms with Gasteiger partial charge in [0.05, 0.1) is 0 Å². The van der Waals surface area contributed by atoms with Crippen molar-refractivity contribution in [1.29, 1.82) is 0 Å². The minimum atomic E-state index is -0.143. The maximum atomic E-state index is 13.0. The standard InChI is InChI=1S/C17H26FN/c1-3-19-17(15-8-4-13(2)5-9-15)12-14-6-10-16(18)11-7-14/h6-7,10-11,13,15,17,19H,3-5,8-9,12H2,1-2H3. The zero-order valence-corrected chi connectivity index (χ0v) is 12.2. The van der Waals surface area contributed by atoms with Gasteiger partial charge in [-0.15, -0.1) is 0 Å². The van der Waals surface area contributed by atoms with Crippen molar-refractivity contribution in [3.63, 3.8) is 0 Å². The van der Waals surface area contributed by atoms with Crippen molar-refractivity contribution in [3.05, 3.63) is 35.6 Å². The Bertz CT molecular complexity index is 365. The Morgan fingerprint density at radius 3 is 2.37 bits per heavy atom. The van der Waals surface area contributed by atoms with Crippen LogP contribution in [0.1, 0.15) is 45.1 Å². The Hall–Kier alpha value is -0.890. The van der Waals surface area contributed by atoms with Gasteiger partial charge in [0.15, 0.2) is 0 Å². The fourth-order valence-electron chi connectivity index (χ4n) is 3.23. The van der Waals surface area contributed by atoms with E-state index in [0.29, 0.717) is 6.04 Å². The molecular weight excluding hydrogens is 237 g/mol. The molecule has 0 saturated heterocycles. The van der Waals surface area contributed by atoms with Gasteiger partial charge in [-0.1, -0.05) is 38.8 Å². The quantitative estimate of drug-likeness (QED) is 0.840. The fraction of sp³-hybridized carbons (Fsp3) is 0.647. The second-order valence-corrected chi connectivity index (χ2v) is 6.01. The van der Waals surface area contributed by atoms with Crippen LogP contribution in [-0.4, -0.2) is 12.6 Å². The molecule has 0 heterocycles. The van der Waals surface area contributed by atoms with E-state index in [4.69, 9.17) is 0 Å². The normalized spacial score (nSPS) is 25.2. The van der Waals surface area contributed by atoms with Crippen LogP contribution in [0, 0.1) is 17.7 Å². The SMILES string of the molecule is CCNC(Cc1ccc(F)cc1)C1CCC(C)CC1. The molecule has 106 valence electrons. The summed E-state index contributed by atoms with van der Waals surface area (Å²) in [5.41, 5.74) is 1.24. The highest BCUT2D eigenvalue weighted by Crippen LogP contribution is 2.31. The Morgan fingerprint density at radius 1 is 1.16 bits per heavy atom. The molecule has 1 aromatic carbocycles. The maximum Gasteiger partial charge on any atom is 0.123 e. The molecule has 2 heteroatoms.